The number of aliphatic carboxylic acids is 1. The molecule has 6 nitrogen and oxygen atoms in total. The normalized spacial score (nSPS) is 12.3. The van der Waals surface area contributed by atoms with Crippen molar-refractivity contribution in [2.45, 2.75) is 12.6 Å². The largest absolute Gasteiger partial charge is 0.480 e. The maximum atomic E-state index is 10.7. The van der Waals surface area contributed by atoms with Gasteiger partial charge in [0, 0.05) is 16.5 Å². The van der Waals surface area contributed by atoms with E-state index in [9.17, 15) is 4.79 Å². The lowest BCUT2D eigenvalue weighted by Crippen LogP contribution is -2.20. The zero-order chi connectivity index (χ0) is 12.3. The zero-order valence-corrected chi connectivity index (χ0v) is 10.3. The van der Waals surface area contributed by atoms with Gasteiger partial charge in [0.2, 0.25) is 0 Å². The van der Waals surface area contributed by atoms with Crippen LogP contribution in [0.25, 0.3) is 0 Å². The Morgan fingerprint density at radius 3 is 3.06 bits per heavy atom. The Hall–Kier alpha value is -1.51. The molecule has 8 heteroatoms. The van der Waals surface area contributed by atoms with Gasteiger partial charge in [-0.2, -0.15) is 0 Å². The van der Waals surface area contributed by atoms with E-state index in [-0.39, 0.29) is 0 Å². The topological polar surface area (TPSA) is 101 Å². The van der Waals surface area contributed by atoms with E-state index in [1.807, 2.05) is 0 Å². The first-order valence-electron chi connectivity index (χ1n) is 4.72. The van der Waals surface area contributed by atoms with Crippen LogP contribution in [-0.4, -0.2) is 21.0 Å². The average Bonchev–Trinajstić information content (AvgIpc) is 2.96. The highest BCUT2D eigenvalue weighted by Gasteiger charge is 2.17. The summed E-state index contributed by atoms with van der Waals surface area (Å²) in [6.07, 6.45) is 1.77. The minimum absolute atomic E-state index is 0.370. The van der Waals surface area contributed by atoms with Gasteiger partial charge < -0.3 is 16.2 Å². The molecule has 1 unspecified atom stereocenters. The van der Waals surface area contributed by atoms with Crippen LogP contribution in [0, 0.1) is 0 Å². The summed E-state index contributed by atoms with van der Waals surface area (Å²) >= 11 is 2.88. The second-order valence-corrected chi connectivity index (χ2v) is 5.04. The van der Waals surface area contributed by atoms with E-state index in [2.05, 4.69) is 15.3 Å². The van der Waals surface area contributed by atoms with Crippen molar-refractivity contribution in [1.29, 1.82) is 0 Å². The van der Waals surface area contributed by atoms with E-state index in [0.717, 1.165) is 4.88 Å². The molecular weight excluding hydrogens is 260 g/mol. The average molecular weight is 270 g/mol. The molecular formula is C9H10N4O2S2. The number of carboxylic acid groups (broad SMARTS) is 1. The van der Waals surface area contributed by atoms with E-state index in [4.69, 9.17) is 10.8 Å². The first-order valence-corrected chi connectivity index (χ1v) is 6.48. The third-order valence-electron chi connectivity index (χ3n) is 2.00. The summed E-state index contributed by atoms with van der Waals surface area (Å²) in [7, 11) is 0. The molecule has 0 amide bonds. The van der Waals surface area contributed by atoms with Crippen LogP contribution in [0.5, 0.6) is 0 Å². The molecule has 0 bridgehead atoms. The fourth-order valence-electron chi connectivity index (χ4n) is 1.13. The summed E-state index contributed by atoms with van der Waals surface area (Å²) in [5.41, 5.74) is 7.58. The van der Waals surface area contributed by atoms with Crippen molar-refractivity contribution in [3.05, 3.63) is 27.7 Å². The maximum Gasteiger partial charge on any atom is 0.326 e. The first-order chi connectivity index (χ1) is 8.16. The van der Waals surface area contributed by atoms with Crippen LogP contribution in [0.4, 0.5) is 5.13 Å². The van der Waals surface area contributed by atoms with Crippen LogP contribution >= 0.6 is 22.7 Å². The molecule has 2 aromatic heterocycles. The molecule has 1 atom stereocenters. The van der Waals surface area contributed by atoms with Gasteiger partial charge in [-0.1, -0.05) is 0 Å². The molecule has 17 heavy (non-hydrogen) atoms. The minimum Gasteiger partial charge on any atom is -0.480 e. The van der Waals surface area contributed by atoms with Crippen molar-refractivity contribution in [1.82, 2.24) is 9.97 Å². The van der Waals surface area contributed by atoms with Gasteiger partial charge in [0.1, 0.15) is 6.04 Å². The quantitative estimate of drug-likeness (QED) is 0.757. The molecule has 0 saturated carbocycles. The lowest BCUT2D eigenvalue weighted by molar-refractivity contribution is -0.138. The molecule has 0 saturated heterocycles. The number of carboxylic acids is 1. The molecule has 0 aliphatic rings. The standard InChI is InChI=1S/C9H10N4O2S2/c10-7(8(14)15)6-3-16-9(13-6)12-2-5-1-11-4-17-5/h1,3-4,7H,2,10H2,(H,12,13)(H,14,15). The van der Waals surface area contributed by atoms with Gasteiger partial charge in [-0.3, -0.25) is 9.78 Å². The second-order valence-electron chi connectivity index (χ2n) is 3.21. The first kappa shape index (κ1) is 12.0. The third kappa shape index (κ3) is 2.99. The minimum atomic E-state index is -1.08. The molecule has 90 valence electrons. The van der Waals surface area contributed by atoms with Gasteiger partial charge in [0.05, 0.1) is 17.7 Å². The Labute approximate surface area is 105 Å². The number of hydrogen-bond donors (Lipinski definition) is 3. The van der Waals surface area contributed by atoms with Crippen LogP contribution in [0.15, 0.2) is 17.1 Å². The van der Waals surface area contributed by atoms with Crippen LogP contribution in [0.3, 0.4) is 0 Å². The number of nitrogens with one attached hydrogen (secondary N) is 1. The van der Waals surface area contributed by atoms with Gasteiger partial charge in [0.25, 0.3) is 0 Å². The molecule has 0 radical (unpaired) electrons. The SMILES string of the molecule is NC(C(=O)O)c1csc(NCc2cncs2)n1. The van der Waals surface area contributed by atoms with E-state index < -0.39 is 12.0 Å². The Bertz CT molecular complexity index is 497. The van der Waals surface area contributed by atoms with Crippen LogP contribution < -0.4 is 11.1 Å². The Kier molecular flexibility index (Phi) is 3.67. The number of hydrogen-bond acceptors (Lipinski definition) is 7. The number of rotatable bonds is 5. The highest BCUT2D eigenvalue weighted by atomic mass is 32.1. The maximum absolute atomic E-state index is 10.7. The summed E-state index contributed by atoms with van der Waals surface area (Å²) in [5, 5.41) is 14.1. The van der Waals surface area contributed by atoms with Crippen LogP contribution in [0.2, 0.25) is 0 Å². The van der Waals surface area contributed by atoms with Crippen molar-refractivity contribution in [3.8, 4) is 0 Å². The third-order valence-corrected chi connectivity index (χ3v) is 3.60. The molecule has 4 N–H and O–H groups in total. The summed E-state index contributed by atoms with van der Waals surface area (Å²) < 4.78 is 0. The highest BCUT2D eigenvalue weighted by Crippen LogP contribution is 2.20. The van der Waals surface area contributed by atoms with Crippen molar-refractivity contribution in [2.24, 2.45) is 5.73 Å². The van der Waals surface area contributed by atoms with Gasteiger partial charge >= 0.3 is 5.97 Å². The summed E-state index contributed by atoms with van der Waals surface area (Å²) in [5.74, 6) is -1.08. The number of nitrogens with zero attached hydrogens (tertiary/aromatic N) is 2. The van der Waals surface area contributed by atoms with E-state index in [0.29, 0.717) is 17.4 Å². The fraction of sp³-hybridized carbons (Fsp3) is 0.222. The Balaban J connectivity index is 1.96. The monoisotopic (exact) mass is 270 g/mol. The van der Waals surface area contributed by atoms with E-state index in [1.54, 1.807) is 28.4 Å². The molecule has 0 aromatic carbocycles. The Morgan fingerprint density at radius 2 is 2.41 bits per heavy atom. The van der Waals surface area contributed by atoms with Gasteiger partial charge in [0.15, 0.2) is 5.13 Å². The summed E-state index contributed by atoms with van der Waals surface area (Å²) in [6, 6.07) is -1.06. The van der Waals surface area contributed by atoms with Crippen molar-refractivity contribution in [3.63, 3.8) is 0 Å². The van der Waals surface area contributed by atoms with Crippen LogP contribution in [0.1, 0.15) is 16.6 Å². The van der Waals surface area contributed by atoms with Crippen molar-refractivity contribution in [2.75, 3.05) is 5.32 Å². The molecule has 2 heterocycles. The number of anilines is 1. The van der Waals surface area contributed by atoms with E-state index >= 15 is 0 Å². The number of nitrogens with two attached hydrogens (primary N) is 1. The number of carbonyl (C=O) groups is 1. The lowest BCUT2D eigenvalue weighted by atomic mass is 10.2. The zero-order valence-electron chi connectivity index (χ0n) is 8.66. The van der Waals surface area contributed by atoms with Crippen molar-refractivity contribution >= 4 is 33.8 Å². The smallest absolute Gasteiger partial charge is 0.326 e. The molecule has 0 aliphatic carbocycles. The number of thiazole rings is 2. The number of aromatic nitrogens is 2. The van der Waals surface area contributed by atoms with Gasteiger partial charge in [-0.05, 0) is 0 Å². The highest BCUT2D eigenvalue weighted by molar-refractivity contribution is 7.13. The van der Waals surface area contributed by atoms with Gasteiger partial charge in [-0.25, -0.2) is 4.98 Å². The summed E-state index contributed by atoms with van der Waals surface area (Å²) in [4.78, 5) is 19.8. The second kappa shape index (κ2) is 5.21. The predicted octanol–water partition coefficient (Wildman–Crippen LogP) is 1.30. The summed E-state index contributed by atoms with van der Waals surface area (Å²) in [6.45, 7) is 0.625. The van der Waals surface area contributed by atoms with E-state index in [1.165, 1.54) is 11.3 Å². The Morgan fingerprint density at radius 1 is 1.59 bits per heavy atom. The van der Waals surface area contributed by atoms with Gasteiger partial charge in [-0.15, -0.1) is 22.7 Å². The molecule has 0 aliphatic heterocycles. The fourth-order valence-corrected chi connectivity index (χ4v) is 2.41. The molecule has 2 aromatic rings. The predicted molar refractivity (Wildman–Crippen MR) is 66.1 cm³/mol. The lowest BCUT2D eigenvalue weighted by Gasteiger charge is -2.01. The molecule has 0 spiro atoms. The molecule has 2 rings (SSSR count). The molecule has 0 fully saturated rings. The van der Waals surface area contributed by atoms with Crippen molar-refractivity contribution < 1.29 is 9.90 Å². The van der Waals surface area contributed by atoms with Crippen LogP contribution in [-0.2, 0) is 11.3 Å².